The molecule has 0 unspecified atom stereocenters. The topological polar surface area (TPSA) is 136 Å². The molecule has 0 atom stereocenters. The maximum Gasteiger partial charge on any atom is 0.348 e. The molecule has 0 amide bonds. The van der Waals surface area contributed by atoms with Crippen LogP contribution in [0.25, 0.3) is 21.2 Å². The number of nitrogens with zero attached hydrogens (tertiary/aromatic N) is 2. The highest BCUT2D eigenvalue weighted by Crippen LogP contribution is 2.30. The van der Waals surface area contributed by atoms with Crippen LogP contribution in [0.5, 0.6) is 5.75 Å². The molecule has 3 N–H and O–H groups in total. The summed E-state index contributed by atoms with van der Waals surface area (Å²) in [7, 11) is -3.82. The lowest BCUT2D eigenvalue weighted by atomic mass is 10.1. The number of benzene rings is 2. The molecule has 0 aliphatic rings. The van der Waals surface area contributed by atoms with Crippen LogP contribution in [0, 0.1) is 0 Å². The first-order valence-electron chi connectivity index (χ1n) is 7.55. The lowest BCUT2D eigenvalue weighted by Gasteiger charge is -2.01. The van der Waals surface area contributed by atoms with Gasteiger partial charge < -0.3 is 9.52 Å². The largest absolute Gasteiger partial charge is 0.506 e. The normalized spacial score (nSPS) is 12.3. The molecule has 0 aliphatic carbocycles. The van der Waals surface area contributed by atoms with Crippen molar-refractivity contribution in [1.29, 1.82) is 0 Å². The molecule has 0 saturated carbocycles. The number of aromatic nitrogens is 1. The Kier molecular flexibility index (Phi) is 4.02. The minimum Gasteiger partial charge on any atom is -0.506 e. The van der Waals surface area contributed by atoms with Crippen molar-refractivity contribution in [1.82, 2.24) is 4.98 Å². The molecule has 0 bridgehead atoms. The average molecular weight is 401 g/mol. The molecule has 0 fully saturated rings. The van der Waals surface area contributed by atoms with Crippen molar-refractivity contribution in [3.8, 4) is 5.75 Å². The maximum atomic E-state index is 12.1. The molecule has 10 heteroatoms. The van der Waals surface area contributed by atoms with Gasteiger partial charge in [-0.1, -0.05) is 23.5 Å². The second kappa shape index (κ2) is 6.27. The van der Waals surface area contributed by atoms with Crippen LogP contribution in [0.2, 0.25) is 0 Å². The van der Waals surface area contributed by atoms with Gasteiger partial charge in [0.05, 0.1) is 20.5 Å². The molecule has 0 aliphatic heterocycles. The summed E-state index contributed by atoms with van der Waals surface area (Å²) in [5.41, 5.74) is -0.0206. The van der Waals surface area contributed by atoms with E-state index in [2.05, 4.69) is 9.98 Å². The van der Waals surface area contributed by atoms with Gasteiger partial charge >= 0.3 is 5.63 Å². The van der Waals surface area contributed by atoms with E-state index in [9.17, 15) is 18.3 Å². The first-order valence-corrected chi connectivity index (χ1v) is 9.91. The molecule has 8 nitrogen and oxygen atoms in total. The Hall–Kier alpha value is -3.08. The van der Waals surface area contributed by atoms with Crippen molar-refractivity contribution in [2.24, 2.45) is 10.1 Å². The monoisotopic (exact) mass is 401 g/mol. The van der Waals surface area contributed by atoms with Gasteiger partial charge in [-0.25, -0.2) is 28.3 Å². The molecule has 4 rings (SSSR count). The molecule has 0 saturated heterocycles. The fourth-order valence-corrected chi connectivity index (χ4v) is 3.97. The zero-order valence-corrected chi connectivity index (χ0v) is 15.1. The van der Waals surface area contributed by atoms with Crippen LogP contribution in [0.15, 0.2) is 61.6 Å². The smallest absolute Gasteiger partial charge is 0.348 e. The van der Waals surface area contributed by atoms with Crippen molar-refractivity contribution in [2.75, 3.05) is 0 Å². The van der Waals surface area contributed by atoms with E-state index < -0.39 is 15.6 Å². The van der Waals surface area contributed by atoms with Crippen molar-refractivity contribution in [3.63, 3.8) is 0 Å². The summed E-state index contributed by atoms with van der Waals surface area (Å²) in [5, 5.41) is 16.1. The van der Waals surface area contributed by atoms with E-state index in [-0.39, 0.29) is 26.9 Å². The molecule has 2 heterocycles. The predicted molar refractivity (Wildman–Crippen MR) is 102 cm³/mol. The third-order valence-corrected chi connectivity index (χ3v) is 5.64. The molecule has 0 radical (unpaired) electrons. The van der Waals surface area contributed by atoms with Gasteiger partial charge in [0.2, 0.25) is 15.2 Å². The number of aromatic hydroxyl groups is 1. The summed E-state index contributed by atoms with van der Waals surface area (Å²) in [6.07, 6.45) is 1.17. The minimum absolute atomic E-state index is 0.0259. The quantitative estimate of drug-likeness (QED) is 0.400. The zero-order chi connectivity index (χ0) is 19.2. The number of primary sulfonamides is 1. The molecule has 0 spiro atoms. The van der Waals surface area contributed by atoms with Crippen molar-refractivity contribution < 1.29 is 17.9 Å². The van der Waals surface area contributed by atoms with E-state index in [4.69, 9.17) is 9.56 Å². The predicted octanol–water partition coefficient (Wildman–Crippen LogP) is 2.51. The summed E-state index contributed by atoms with van der Waals surface area (Å²) in [6, 6.07) is 10.9. The van der Waals surface area contributed by atoms with Crippen LogP contribution >= 0.6 is 11.3 Å². The average Bonchev–Trinajstić information content (AvgIpc) is 3.02. The Balaban J connectivity index is 1.77. The number of thiazole rings is 1. The lowest BCUT2D eigenvalue weighted by Crippen LogP contribution is -2.11. The molecular formula is C17H11N3O5S2. The number of rotatable bonds is 3. The summed E-state index contributed by atoms with van der Waals surface area (Å²) in [6.45, 7) is 0. The van der Waals surface area contributed by atoms with Crippen LogP contribution in [0.3, 0.4) is 0 Å². The fourth-order valence-electron chi connectivity index (χ4n) is 2.51. The Morgan fingerprint density at radius 3 is 2.78 bits per heavy atom. The molecule has 2 aromatic heterocycles. The van der Waals surface area contributed by atoms with E-state index in [1.165, 1.54) is 24.4 Å². The lowest BCUT2D eigenvalue weighted by molar-refractivity contribution is 0.466. The Morgan fingerprint density at radius 2 is 2.00 bits per heavy atom. The Labute approximate surface area is 156 Å². The van der Waals surface area contributed by atoms with Crippen LogP contribution in [0.4, 0.5) is 5.13 Å². The van der Waals surface area contributed by atoms with Crippen molar-refractivity contribution in [3.05, 3.63) is 58.4 Å². The highest BCUT2D eigenvalue weighted by atomic mass is 32.2. The highest BCUT2D eigenvalue weighted by Gasteiger charge is 2.13. The van der Waals surface area contributed by atoms with Crippen LogP contribution in [-0.2, 0) is 10.0 Å². The van der Waals surface area contributed by atoms with Gasteiger partial charge in [0.25, 0.3) is 0 Å². The first-order chi connectivity index (χ1) is 12.8. The Morgan fingerprint density at radius 1 is 1.22 bits per heavy atom. The van der Waals surface area contributed by atoms with Crippen LogP contribution in [-0.4, -0.2) is 24.7 Å². The van der Waals surface area contributed by atoms with Gasteiger partial charge in [0.1, 0.15) is 16.9 Å². The van der Waals surface area contributed by atoms with Crippen LogP contribution < -0.4 is 10.8 Å². The van der Waals surface area contributed by atoms with E-state index >= 15 is 0 Å². The second-order valence-corrected chi connectivity index (χ2v) is 8.15. The standard InChI is InChI=1S/C17H11N3O5S2/c18-27(23,24)9-5-6-12-14(7-9)26-17(20-12)19-8-11-15(21)10-3-1-2-4-13(10)25-16(11)22/h1-8,21H,(H2,18,23,24)/b19-8+. The number of aliphatic imine (C=N–C) groups is 1. The number of hydrogen-bond donors (Lipinski definition) is 2. The van der Waals surface area contributed by atoms with E-state index in [0.717, 1.165) is 11.3 Å². The molecule has 27 heavy (non-hydrogen) atoms. The number of hydrogen-bond acceptors (Lipinski definition) is 8. The van der Waals surface area contributed by atoms with Gasteiger partial charge in [-0.15, -0.1) is 0 Å². The SMILES string of the molecule is NS(=O)(=O)c1ccc2nc(/N=C/c3c(O)c4ccccc4oc3=O)sc2c1. The van der Waals surface area contributed by atoms with Gasteiger partial charge in [-0.05, 0) is 30.3 Å². The summed E-state index contributed by atoms with van der Waals surface area (Å²) >= 11 is 1.12. The molecule has 136 valence electrons. The zero-order valence-electron chi connectivity index (χ0n) is 13.5. The van der Waals surface area contributed by atoms with Gasteiger partial charge in [0, 0.05) is 6.21 Å². The summed E-state index contributed by atoms with van der Waals surface area (Å²) in [5.74, 6) is -0.233. The molecular weight excluding hydrogens is 390 g/mol. The molecule has 4 aromatic rings. The minimum atomic E-state index is -3.82. The second-order valence-electron chi connectivity index (χ2n) is 5.58. The maximum absolute atomic E-state index is 12.1. The summed E-state index contributed by atoms with van der Waals surface area (Å²) in [4.78, 5) is 20.4. The number of sulfonamides is 1. The van der Waals surface area contributed by atoms with E-state index in [1.54, 1.807) is 24.3 Å². The van der Waals surface area contributed by atoms with E-state index in [1.807, 2.05) is 0 Å². The van der Waals surface area contributed by atoms with Crippen molar-refractivity contribution in [2.45, 2.75) is 4.90 Å². The third kappa shape index (κ3) is 3.21. The summed E-state index contributed by atoms with van der Waals surface area (Å²) < 4.78 is 28.6. The first kappa shape index (κ1) is 17.3. The van der Waals surface area contributed by atoms with Gasteiger partial charge in [-0.2, -0.15) is 0 Å². The fraction of sp³-hybridized carbons (Fsp3) is 0. The van der Waals surface area contributed by atoms with Gasteiger partial charge in [-0.3, -0.25) is 0 Å². The van der Waals surface area contributed by atoms with Gasteiger partial charge in [0.15, 0.2) is 0 Å². The van der Waals surface area contributed by atoms with E-state index in [0.29, 0.717) is 15.6 Å². The Bertz CT molecular complexity index is 1390. The number of para-hydroxylation sites is 1. The molecule has 2 aromatic carbocycles. The highest BCUT2D eigenvalue weighted by molar-refractivity contribution is 7.89. The number of nitrogens with two attached hydrogens (primary N) is 1. The number of fused-ring (bicyclic) bond motifs is 2. The third-order valence-electron chi connectivity index (χ3n) is 3.80. The van der Waals surface area contributed by atoms with Crippen LogP contribution in [0.1, 0.15) is 5.56 Å². The van der Waals surface area contributed by atoms with Crippen molar-refractivity contribution >= 4 is 53.9 Å².